The summed E-state index contributed by atoms with van der Waals surface area (Å²) in [6.45, 7) is 0.637. The number of hydrogen-bond donors (Lipinski definition) is 1. The first-order valence-corrected chi connectivity index (χ1v) is 6.08. The van der Waals surface area contributed by atoms with E-state index in [-0.39, 0.29) is 0 Å². The number of hydrogen-bond acceptors (Lipinski definition) is 3. The number of nitrogens with zero attached hydrogens (tertiary/aromatic N) is 1. The van der Waals surface area contributed by atoms with Crippen molar-refractivity contribution in [3.8, 4) is 0 Å². The molecule has 0 radical (unpaired) electrons. The van der Waals surface area contributed by atoms with Crippen LogP contribution in [0.15, 0.2) is 30.5 Å². The number of pyridine rings is 1. The maximum Gasteiger partial charge on any atom is 0.0777 e. The van der Waals surface area contributed by atoms with Gasteiger partial charge in [0.25, 0.3) is 0 Å². The maximum atomic E-state index is 5.94. The lowest BCUT2D eigenvalue weighted by atomic mass is 9.96. The van der Waals surface area contributed by atoms with Crippen molar-refractivity contribution in [1.29, 1.82) is 0 Å². The van der Waals surface area contributed by atoms with Crippen LogP contribution in [0.3, 0.4) is 0 Å². The van der Waals surface area contributed by atoms with E-state index in [0.717, 1.165) is 22.2 Å². The van der Waals surface area contributed by atoms with Crippen molar-refractivity contribution < 1.29 is 4.74 Å². The predicted octanol–water partition coefficient (Wildman–Crippen LogP) is 2.89. The van der Waals surface area contributed by atoms with Crippen LogP contribution in [0.5, 0.6) is 0 Å². The summed E-state index contributed by atoms with van der Waals surface area (Å²) in [5.74, 6) is 0. The van der Waals surface area contributed by atoms with Gasteiger partial charge in [-0.05, 0) is 37.5 Å². The number of rotatable bonds is 3. The summed E-state index contributed by atoms with van der Waals surface area (Å²) in [6, 6.07) is 7.87. The normalized spacial score (nSPS) is 16.0. The number of fused-ring (bicyclic) bond motifs is 1. The quantitative estimate of drug-likeness (QED) is 0.822. The molecule has 0 saturated heterocycles. The molecule has 2 aromatic rings. The molecule has 88 valence electrons. The molecule has 1 aliphatic carbocycles. The van der Waals surface area contributed by atoms with E-state index in [0.29, 0.717) is 12.7 Å². The number of aromatic nitrogens is 1. The van der Waals surface area contributed by atoms with E-state index in [4.69, 9.17) is 10.5 Å². The highest BCUT2D eigenvalue weighted by Gasteiger charge is 2.18. The predicted molar refractivity (Wildman–Crippen MR) is 68.6 cm³/mol. The minimum absolute atomic E-state index is 0.450. The Hall–Kier alpha value is -1.61. The fourth-order valence-corrected chi connectivity index (χ4v) is 2.11. The summed E-state index contributed by atoms with van der Waals surface area (Å²) < 4.78 is 5.83. The van der Waals surface area contributed by atoms with Crippen LogP contribution in [-0.4, -0.2) is 11.1 Å². The summed E-state index contributed by atoms with van der Waals surface area (Å²) in [6.07, 6.45) is 5.94. The highest BCUT2D eigenvalue weighted by Crippen LogP contribution is 2.26. The monoisotopic (exact) mass is 228 g/mol. The van der Waals surface area contributed by atoms with Crippen molar-refractivity contribution in [1.82, 2.24) is 4.98 Å². The second kappa shape index (κ2) is 4.34. The van der Waals surface area contributed by atoms with Crippen LogP contribution in [0.25, 0.3) is 10.9 Å². The van der Waals surface area contributed by atoms with E-state index in [1.165, 1.54) is 19.3 Å². The Balaban J connectivity index is 1.90. The Labute approximate surface area is 101 Å². The van der Waals surface area contributed by atoms with E-state index < -0.39 is 0 Å². The Morgan fingerprint density at radius 1 is 1.29 bits per heavy atom. The van der Waals surface area contributed by atoms with Crippen LogP contribution in [0.2, 0.25) is 0 Å². The molecule has 0 spiro atoms. The van der Waals surface area contributed by atoms with Crippen molar-refractivity contribution >= 4 is 16.6 Å². The van der Waals surface area contributed by atoms with Gasteiger partial charge in [-0.3, -0.25) is 4.98 Å². The lowest BCUT2D eigenvalue weighted by Gasteiger charge is -2.25. The van der Waals surface area contributed by atoms with Gasteiger partial charge in [-0.15, -0.1) is 0 Å². The molecule has 1 aromatic heterocycles. The third kappa shape index (κ3) is 1.98. The van der Waals surface area contributed by atoms with Crippen LogP contribution in [0.4, 0.5) is 5.69 Å². The standard InChI is InChI=1S/C14H16N2O/c15-13-7-6-10(9-17-11-3-1-4-11)14-12(13)5-2-8-16-14/h2,5-8,11H,1,3-4,9,15H2. The first-order chi connectivity index (χ1) is 8.34. The van der Waals surface area contributed by atoms with Crippen LogP contribution in [0.1, 0.15) is 24.8 Å². The first kappa shape index (κ1) is 10.5. The Kier molecular flexibility index (Phi) is 2.69. The second-order valence-electron chi connectivity index (χ2n) is 4.58. The van der Waals surface area contributed by atoms with Crippen molar-refractivity contribution in [2.45, 2.75) is 32.0 Å². The molecule has 3 heteroatoms. The maximum absolute atomic E-state index is 5.94. The van der Waals surface area contributed by atoms with Crippen molar-refractivity contribution in [2.24, 2.45) is 0 Å². The SMILES string of the molecule is Nc1ccc(COC2CCC2)c2ncccc12. The topological polar surface area (TPSA) is 48.1 Å². The summed E-state index contributed by atoms with van der Waals surface area (Å²) >= 11 is 0. The molecule has 3 rings (SSSR count). The first-order valence-electron chi connectivity index (χ1n) is 6.08. The number of benzene rings is 1. The molecule has 0 bridgehead atoms. The number of ether oxygens (including phenoxy) is 1. The molecule has 0 amide bonds. The molecule has 1 fully saturated rings. The largest absolute Gasteiger partial charge is 0.398 e. The number of nitrogen functional groups attached to an aromatic ring is 1. The molecule has 0 aliphatic heterocycles. The van der Waals surface area contributed by atoms with Gasteiger partial charge in [0, 0.05) is 22.8 Å². The fourth-order valence-electron chi connectivity index (χ4n) is 2.11. The van der Waals surface area contributed by atoms with Gasteiger partial charge in [0.05, 0.1) is 18.2 Å². The minimum Gasteiger partial charge on any atom is -0.398 e. The van der Waals surface area contributed by atoms with Gasteiger partial charge < -0.3 is 10.5 Å². The summed E-state index contributed by atoms with van der Waals surface area (Å²) in [5, 5.41) is 1.02. The average Bonchev–Trinajstić information content (AvgIpc) is 2.30. The Morgan fingerprint density at radius 2 is 2.18 bits per heavy atom. The fraction of sp³-hybridized carbons (Fsp3) is 0.357. The van der Waals surface area contributed by atoms with Gasteiger partial charge in [-0.1, -0.05) is 6.07 Å². The van der Waals surface area contributed by atoms with Crippen molar-refractivity contribution in [2.75, 3.05) is 5.73 Å². The summed E-state index contributed by atoms with van der Waals surface area (Å²) in [4.78, 5) is 4.40. The molecule has 17 heavy (non-hydrogen) atoms. The van der Waals surface area contributed by atoms with Crippen LogP contribution in [0, 0.1) is 0 Å². The number of anilines is 1. The third-order valence-corrected chi connectivity index (χ3v) is 3.41. The zero-order valence-corrected chi connectivity index (χ0v) is 9.73. The van der Waals surface area contributed by atoms with E-state index in [2.05, 4.69) is 4.98 Å². The highest BCUT2D eigenvalue weighted by atomic mass is 16.5. The van der Waals surface area contributed by atoms with E-state index in [1.54, 1.807) is 6.20 Å². The van der Waals surface area contributed by atoms with Crippen LogP contribution < -0.4 is 5.73 Å². The summed E-state index contributed by atoms with van der Waals surface area (Å²) in [7, 11) is 0. The van der Waals surface area contributed by atoms with E-state index in [9.17, 15) is 0 Å². The molecule has 2 N–H and O–H groups in total. The second-order valence-corrected chi connectivity index (χ2v) is 4.58. The lowest BCUT2D eigenvalue weighted by molar-refractivity contribution is -0.00822. The molecular weight excluding hydrogens is 212 g/mol. The molecule has 3 nitrogen and oxygen atoms in total. The molecule has 0 atom stereocenters. The molecule has 1 saturated carbocycles. The molecule has 1 aliphatic rings. The van der Waals surface area contributed by atoms with Gasteiger partial charge in [-0.2, -0.15) is 0 Å². The Bertz CT molecular complexity index is 535. The van der Waals surface area contributed by atoms with Crippen molar-refractivity contribution in [3.63, 3.8) is 0 Å². The Morgan fingerprint density at radius 3 is 2.94 bits per heavy atom. The third-order valence-electron chi connectivity index (χ3n) is 3.41. The van der Waals surface area contributed by atoms with Gasteiger partial charge in [0.1, 0.15) is 0 Å². The van der Waals surface area contributed by atoms with Gasteiger partial charge >= 0.3 is 0 Å². The van der Waals surface area contributed by atoms with Crippen LogP contribution in [-0.2, 0) is 11.3 Å². The van der Waals surface area contributed by atoms with Gasteiger partial charge in [-0.25, -0.2) is 0 Å². The highest BCUT2D eigenvalue weighted by molar-refractivity contribution is 5.92. The van der Waals surface area contributed by atoms with Gasteiger partial charge in [0.15, 0.2) is 0 Å². The van der Waals surface area contributed by atoms with Crippen LogP contribution >= 0.6 is 0 Å². The van der Waals surface area contributed by atoms with Gasteiger partial charge in [0.2, 0.25) is 0 Å². The number of nitrogens with two attached hydrogens (primary N) is 1. The van der Waals surface area contributed by atoms with E-state index >= 15 is 0 Å². The molecule has 1 heterocycles. The van der Waals surface area contributed by atoms with Crippen molar-refractivity contribution in [3.05, 3.63) is 36.0 Å². The lowest BCUT2D eigenvalue weighted by Crippen LogP contribution is -2.21. The molecule has 0 unspecified atom stereocenters. The zero-order valence-electron chi connectivity index (χ0n) is 9.73. The average molecular weight is 228 g/mol. The molecule has 1 aromatic carbocycles. The zero-order chi connectivity index (χ0) is 11.7. The molecular formula is C14H16N2O. The summed E-state index contributed by atoms with van der Waals surface area (Å²) in [5.41, 5.74) is 8.81. The minimum atomic E-state index is 0.450. The smallest absolute Gasteiger partial charge is 0.0777 e. The van der Waals surface area contributed by atoms with E-state index in [1.807, 2.05) is 24.3 Å².